The first kappa shape index (κ1) is 15.3. The van der Waals surface area contributed by atoms with E-state index in [1.807, 2.05) is 0 Å². The number of hydrogen-bond donors (Lipinski definition) is 3. The first-order valence-corrected chi connectivity index (χ1v) is 5.87. The van der Waals surface area contributed by atoms with Crippen LogP contribution in [0.4, 0.5) is 10.5 Å². The summed E-state index contributed by atoms with van der Waals surface area (Å²) in [4.78, 5) is 11.6. The van der Waals surface area contributed by atoms with Gasteiger partial charge in [0.25, 0.3) is 0 Å². The van der Waals surface area contributed by atoms with Crippen molar-refractivity contribution in [2.24, 2.45) is 0 Å². The summed E-state index contributed by atoms with van der Waals surface area (Å²) in [6, 6.07) is 6.56. The summed E-state index contributed by atoms with van der Waals surface area (Å²) in [6.07, 6.45) is 0. The normalized spacial score (nSPS) is 13.5. The zero-order chi connectivity index (χ0) is 14.3. The minimum Gasteiger partial charge on any atom is -0.497 e. The Kier molecular flexibility index (Phi) is 5.59. The van der Waals surface area contributed by atoms with Crippen LogP contribution >= 0.6 is 0 Å². The lowest BCUT2D eigenvalue weighted by molar-refractivity contribution is -0.0133. The number of urea groups is 1. The molecule has 0 aliphatic rings. The second-order valence-electron chi connectivity index (χ2n) is 4.47. The molecule has 1 rings (SSSR count). The van der Waals surface area contributed by atoms with Gasteiger partial charge in [-0.1, -0.05) is 0 Å². The lowest BCUT2D eigenvalue weighted by Gasteiger charge is -2.22. The first-order valence-electron chi connectivity index (χ1n) is 5.87. The third kappa shape index (κ3) is 5.58. The molecule has 0 aromatic heterocycles. The van der Waals surface area contributed by atoms with E-state index in [1.54, 1.807) is 38.3 Å². The maximum atomic E-state index is 11.6. The van der Waals surface area contributed by atoms with Crippen LogP contribution < -0.4 is 15.4 Å². The first-order chi connectivity index (χ1) is 8.96. The van der Waals surface area contributed by atoms with Crippen molar-refractivity contribution in [1.82, 2.24) is 5.32 Å². The fourth-order valence-corrected chi connectivity index (χ4v) is 1.48. The lowest BCUT2D eigenvalue weighted by Crippen LogP contribution is -2.45. The van der Waals surface area contributed by atoms with E-state index in [2.05, 4.69) is 10.6 Å². The van der Waals surface area contributed by atoms with Crippen LogP contribution in [0.5, 0.6) is 5.75 Å². The SMILES string of the molecule is COC[C@](C)(O)CNC(=O)Nc1ccc(OC)cc1. The van der Waals surface area contributed by atoms with Gasteiger partial charge in [-0.15, -0.1) is 0 Å². The highest BCUT2D eigenvalue weighted by Gasteiger charge is 2.20. The molecular formula is C13H20N2O4. The number of nitrogens with one attached hydrogen (secondary N) is 2. The molecule has 0 bridgehead atoms. The van der Waals surface area contributed by atoms with Crippen molar-refractivity contribution >= 4 is 11.7 Å². The van der Waals surface area contributed by atoms with E-state index < -0.39 is 5.60 Å². The van der Waals surface area contributed by atoms with Gasteiger partial charge in [0.15, 0.2) is 0 Å². The number of ether oxygens (including phenoxy) is 2. The fraction of sp³-hybridized carbons (Fsp3) is 0.462. The molecule has 19 heavy (non-hydrogen) atoms. The Balaban J connectivity index is 2.42. The van der Waals surface area contributed by atoms with Crippen LogP contribution in [0.15, 0.2) is 24.3 Å². The number of amides is 2. The number of carbonyl (C=O) groups is 1. The van der Waals surface area contributed by atoms with Gasteiger partial charge in [-0.25, -0.2) is 4.79 Å². The molecule has 0 aliphatic carbocycles. The monoisotopic (exact) mass is 268 g/mol. The Morgan fingerprint density at radius 1 is 1.32 bits per heavy atom. The second-order valence-corrected chi connectivity index (χ2v) is 4.47. The van der Waals surface area contributed by atoms with Gasteiger partial charge >= 0.3 is 6.03 Å². The van der Waals surface area contributed by atoms with Crippen molar-refractivity contribution in [2.45, 2.75) is 12.5 Å². The molecule has 0 aliphatic heterocycles. The summed E-state index contributed by atoms with van der Waals surface area (Å²) in [5, 5.41) is 15.0. The van der Waals surface area contributed by atoms with E-state index in [4.69, 9.17) is 9.47 Å². The van der Waals surface area contributed by atoms with Gasteiger partial charge in [-0.3, -0.25) is 0 Å². The van der Waals surface area contributed by atoms with Gasteiger partial charge in [-0.2, -0.15) is 0 Å². The summed E-state index contributed by atoms with van der Waals surface area (Å²) in [5.74, 6) is 0.717. The Hall–Kier alpha value is -1.79. The van der Waals surface area contributed by atoms with Crippen LogP contribution in [0.1, 0.15) is 6.92 Å². The molecule has 106 valence electrons. The Morgan fingerprint density at radius 2 is 1.95 bits per heavy atom. The van der Waals surface area contributed by atoms with Crippen LogP contribution in [-0.2, 0) is 4.74 Å². The zero-order valence-electron chi connectivity index (χ0n) is 11.4. The van der Waals surface area contributed by atoms with E-state index in [-0.39, 0.29) is 19.2 Å². The predicted molar refractivity (Wildman–Crippen MR) is 72.5 cm³/mol. The number of anilines is 1. The Bertz CT molecular complexity index is 404. The maximum Gasteiger partial charge on any atom is 0.319 e. The number of aliphatic hydroxyl groups is 1. The number of hydrogen-bond acceptors (Lipinski definition) is 4. The number of benzene rings is 1. The fourth-order valence-electron chi connectivity index (χ4n) is 1.48. The quantitative estimate of drug-likeness (QED) is 0.724. The van der Waals surface area contributed by atoms with Crippen molar-refractivity contribution < 1.29 is 19.4 Å². The van der Waals surface area contributed by atoms with Crippen molar-refractivity contribution in [1.29, 1.82) is 0 Å². The molecule has 1 aromatic rings. The third-order valence-electron chi connectivity index (χ3n) is 2.43. The molecule has 0 saturated heterocycles. The molecule has 1 aromatic carbocycles. The minimum absolute atomic E-state index is 0.100. The molecule has 0 heterocycles. The van der Waals surface area contributed by atoms with Crippen LogP contribution in [0, 0.1) is 0 Å². The number of methoxy groups -OCH3 is 2. The molecule has 2 amide bonds. The number of rotatable bonds is 6. The van der Waals surface area contributed by atoms with Gasteiger partial charge < -0.3 is 25.2 Å². The molecular weight excluding hydrogens is 248 g/mol. The maximum absolute atomic E-state index is 11.6. The minimum atomic E-state index is -1.09. The van der Waals surface area contributed by atoms with Crippen molar-refractivity contribution in [2.75, 3.05) is 32.7 Å². The molecule has 0 radical (unpaired) electrons. The van der Waals surface area contributed by atoms with Crippen molar-refractivity contribution in [3.05, 3.63) is 24.3 Å². The largest absolute Gasteiger partial charge is 0.497 e. The van der Waals surface area contributed by atoms with Crippen molar-refractivity contribution in [3.63, 3.8) is 0 Å². The summed E-state index contributed by atoms with van der Waals surface area (Å²) in [6.45, 7) is 1.84. The average Bonchev–Trinajstić information content (AvgIpc) is 2.37. The lowest BCUT2D eigenvalue weighted by atomic mass is 10.1. The topological polar surface area (TPSA) is 79.8 Å². The van der Waals surface area contributed by atoms with Gasteiger partial charge in [0, 0.05) is 12.8 Å². The highest BCUT2D eigenvalue weighted by atomic mass is 16.5. The van der Waals surface area contributed by atoms with E-state index in [0.717, 1.165) is 0 Å². The van der Waals surface area contributed by atoms with Crippen molar-refractivity contribution in [3.8, 4) is 5.75 Å². The molecule has 0 spiro atoms. The molecule has 6 nitrogen and oxygen atoms in total. The third-order valence-corrected chi connectivity index (χ3v) is 2.43. The Morgan fingerprint density at radius 3 is 2.47 bits per heavy atom. The molecule has 0 fully saturated rings. The number of carbonyl (C=O) groups excluding carboxylic acids is 1. The van der Waals surface area contributed by atoms with Gasteiger partial charge in [0.1, 0.15) is 11.4 Å². The smallest absolute Gasteiger partial charge is 0.319 e. The highest BCUT2D eigenvalue weighted by molar-refractivity contribution is 5.89. The molecule has 0 saturated carbocycles. The summed E-state index contributed by atoms with van der Waals surface area (Å²) < 4.78 is 9.87. The van der Waals surface area contributed by atoms with Gasteiger partial charge in [0.05, 0.1) is 20.3 Å². The van der Waals surface area contributed by atoms with E-state index in [9.17, 15) is 9.90 Å². The van der Waals surface area contributed by atoms with E-state index in [0.29, 0.717) is 11.4 Å². The van der Waals surface area contributed by atoms with Crippen LogP contribution in [0.25, 0.3) is 0 Å². The summed E-state index contributed by atoms with van der Waals surface area (Å²) in [5.41, 5.74) is -0.448. The van der Waals surface area contributed by atoms with E-state index in [1.165, 1.54) is 7.11 Å². The van der Waals surface area contributed by atoms with Gasteiger partial charge in [0.2, 0.25) is 0 Å². The second kappa shape index (κ2) is 6.96. The average molecular weight is 268 g/mol. The van der Waals surface area contributed by atoms with E-state index >= 15 is 0 Å². The molecule has 6 heteroatoms. The highest BCUT2D eigenvalue weighted by Crippen LogP contribution is 2.14. The van der Waals surface area contributed by atoms with Crippen LogP contribution in [0.3, 0.4) is 0 Å². The zero-order valence-corrected chi connectivity index (χ0v) is 11.4. The molecule has 0 unspecified atom stereocenters. The summed E-state index contributed by atoms with van der Waals surface area (Å²) in [7, 11) is 3.07. The molecule has 1 atom stereocenters. The molecule has 3 N–H and O–H groups in total. The van der Waals surface area contributed by atoms with Gasteiger partial charge in [-0.05, 0) is 31.2 Å². The Labute approximate surface area is 112 Å². The van der Waals surface area contributed by atoms with Crippen LogP contribution in [0.2, 0.25) is 0 Å². The standard InChI is InChI=1S/C13H20N2O4/c1-13(17,9-18-2)8-14-12(16)15-10-4-6-11(19-3)7-5-10/h4-7,17H,8-9H2,1-3H3,(H2,14,15,16)/t13-/m1/s1. The summed E-state index contributed by atoms with van der Waals surface area (Å²) >= 11 is 0. The van der Waals surface area contributed by atoms with Crippen LogP contribution in [-0.4, -0.2) is 44.1 Å². The predicted octanol–water partition coefficient (Wildman–Crippen LogP) is 1.21.